The molecule has 1 aliphatic heterocycles. The third-order valence-corrected chi connectivity index (χ3v) is 3.73. The van der Waals surface area contributed by atoms with Gasteiger partial charge in [0.25, 0.3) is 0 Å². The summed E-state index contributed by atoms with van der Waals surface area (Å²) in [6, 6.07) is 6.92. The molecule has 2 aromatic rings. The number of aromatic nitrogens is 2. The Morgan fingerprint density at radius 2 is 2.24 bits per heavy atom. The summed E-state index contributed by atoms with van der Waals surface area (Å²) in [4.78, 5) is 29.7. The van der Waals surface area contributed by atoms with E-state index in [9.17, 15) is 9.59 Å². The van der Waals surface area contributed by atoms with Crippen molar-refractivity contribution >= 4 is 22.8 Å². The number of hydrogen-bond donors (Lipinski definition) is 2. The minimum Gasteiger partial charge on any atom is -0.368 e. The maximum atomic E-state index is 11.9. The molecule has 0 saturated carbocycles. The molecule has 110 valence electrons. The molecule has 2 heterocycles. The quantitative estimate of drug-likeness (QED) is 0.792. The van der Waals surface area contributed by atoms with Crippen molar-refractivity contribution in [1.82, 2.24) is 19.8 Å². The Morgan fingerprint density at radius 1 is 1.43 bits per heavy atom. The second-order valence-corrected chi connectivity index (χ2v) is 5.08. The van der Waals surface area contributed by atoms with Crippen molar-refractivity contribution in [2.45, 2.75) is 6.04 Å². The maximum absolute atomic E-state index is 11.9. The summed E-state index contributed by atoms with van der Waals surface area (Å²) in [5.74, 6) is -0.485. The van der Waals surface area contributed by atoms with Crippen LogP contribution in [0.1, 0.15) is 6.04 Å². The number of carbonyl (C=O) groups is 2. The summed E-state index contributed by atoms with van der Waals surface area (Å²) in [7, 11) is 0. The van der Waals surface area contributed by atoms with Crippen LogP contribution in [-0.2, 0) is 9.59 Å². The lowest BCUT2D eigenvalue weighted by Gasteiger charge is -2.30. The smallest absolute Gasteiger partial charge is 0.242 e. The van der Waals surface area contributed by atoms with Gasteiger partial charge in [0.05, 0.1) is 30.5 Å². The van der Waals surface area contributed by atoms with E-state index in [0.29, 0.717) is 13.1 Å². The number of hydrogen-bond acceptors (Lipinski definition) is 4. The minimum atomic E-state index is -0.612. The Morgan fingerprint density at radius 3 is 3.00 bits per heavy atom. The highest BCUT2D eigenvalue weighted by Gasteiger charge is 2.26. The van der Waals surface area contributed by atoms with Gasteiger partial charge in [-0.3, -0.25) is 9.59 Å². The van der Waals surface area contributed by atoms with Gasteiger partial charge in [-0.25, -0.2) is 4.98 Å². The molecule has 2 amide bonds. The highest BCUT2D eigenvalue weighted by atomic mass is 16.2. The molecule has 21 heavy (non-hydrogen) atoms. The Kier molecular flexibility index (Phi) is 3.57. The van der Waals surface area contributed by atoms with E-state index < -0.39 is 11.9 Å². The molecule has 3 rings (SSSR count). The third kappa shape index (κ3) is 2.59. The molecule has 1 unspecified atom stereocenters. The zero-order chi connectivity index (χ0) is 14.8. The van der Waals surface area contributed by atoms with Crippen LogP contribution in [0.25, 0.3) is 11.0 Å². The fourth-order valence-electron chi connectivity index (χ4n) is 2.59. The van der Waals surface area contributed by atoms with Crippen LogP contribution >= 0.6 is 0 Å². The van der Waals surface area contributed by atoms with Gasteiger partial charge < -0.3 is 20.5 Å². The van der Waals surface area contributed by atoms with Gasteiger partial charge in [-0.1, -0.05) is 12.1 Å². The fourth-order valence-corrected chi connectivity index (χ4v) is 2.59. The van der Waals surface area contributed by atoms with Crippen LogP contribution in [0.5, 0.6) is 0 Å². The van der Waals surface area contributed by atoms with Gasteiger partial charge >= 0.3 is 0 Å². The number of benzene rings is 1. The van der Waals surface area contributed by atoms with E-state index in [1.54, 1.807) is 15.8 Å². The van der Waals surface area contributed by atoms with Crippen molar-refractivity contribution in [2.24, 2.45) is 5.73 Å². The van der Waals surface area contributed by atoms with Crippen LogP contribution in [0.3, 0.4) is 0 Å². The van der Waals surface area contributed by atoms with Crippen molar-refractivity contribution in [1.29, 1.82) is 0 Å². The third-order valence-electron chi connectivity index (χ3n) is 3.73. The number of nitrogens with two attached hydrogens (primary N) is 1. The van der Waals surface area contributed by atoms with Crippen LogP contribution in [0.4, 0.5) is 0 Å². The fraction of sp³-hybridized carbons (Fsp3) is 0.357. The molecular weight excluding hydrogens is 270 g/mol. The first-order valence-corrected chi connectivity index (χ1v) is 6.86. The largest absolute Gasteiger partial charge is 0.368 e. The lowest BCUT2D eigenvalue weighted by atomic mass is 10.2. The molecule has 1 aliphatic rings. The van der Waals surface area contributed by atoms with Gasteiger partial charge in [0.1, 0.15) is 6.04 Å². The molecule has 1 fully saturated rings. The second-order valence-electron chi connectivity index (χ2n) is 5.08. The number of nitrogens with one attached hydrogen (secondary N) is 1. The zero-order valence-electron chi connectivity index (χ0n) is 11.5. The Labute approximate surface area is 121 Å². The molecule has 3 N–H and O–H groups in total. The number of amides is 2. The lowest BCUT2D eigenvalue weighted by Crippen LogP contribution is -2.51. The molecule has 1 saturated heterocycles. The lowest BCUT2D eigenvalue weighted by molar-refractivity contribution is -0.133. The first kappa shape index (κ1) is 13.6. The van der Waals surface area contributed by atoms with E-state index in [2.05, 4.69) is 10.3 Å². The van der Waals surface area contributed by atoms with E-state index in [1.807, 2.05) is 24.3 Å². The van der Waals surface area contributed by atoms with Gasteiger partial charge in [-0.05, 0) is 12.1 Å². The number of primary amides is 1. The second kappa shape index (κ2) is 5.53. The number of piperazine rings is 1. The summed E-state index contributed by atoms with van der Waals surface area (Å²) in [5, 5.41) is 3.00. The van der Waals surface area contributed by atoms with Crippen LogP contribution in [0.2, 0.25) is 0 Å². The average molecular weight is 287 g/mol. The molecule has 0 spiro atoms. The molecule has 0 bridgehead atoms. The molecule has 7 heteroatoms. The summed E-state index contributed by atoms with van der Waals surface area (Å²) in [6.07, 6.45) is 1.60. The van der Waals surface area contributed by atoms with E-state index in [1.165, 1.54) is 0 Å². The van der Waals surface area contributed by atoms with E-state index in [0.717, 1.165) is 17.6 Å². The number of carbonyl (C=O) groups excluding carboxylic acids is 2. The van der Waals surface area contributed by atoms with Crippen LogP contribution in [0.15, 0.2) is 30.6 Å². The van der Waals surface area contributed by atoms with Gasteiger partial charge in [0.2, 0.25) is 11.8 Å². The van der Waals surface area contributed by atoms with Crippen LogP contribution < -0.4 is 11.1 Å². The molecule has 0 aliphatic carbocycles. The van der Waals surface area contributed by atoms with Gasteiger partial charge in [-0.15, -0.1) is 0 Å². The highest BCUT2D eigenvalue weighted by Crippen LogP contribution is 2.18. The molecule has 1 atom stereocenters. The number of fused-ring (bicyclic) bond motifs is 1. The molecule has 1 aromatic carbocycles. The van der Waals surface area contributed by atoms with Gasteiger partial charge in [0, 0.05) is 13.1 Å². The molecular formula is C14H17N5O2. The topological polar surface area (TPSA) is 93.3 Å². The first-order chi connectivity index (χ1) is 10.2. The number of nitrogens with zero attached hydrogens (tertiary/aromatic N) is 3. The normalized spacial score (nSPS) is 17.1. The van der Waals surface area contributed by atoms with Crippen molar-refractivity contribution in [3.05, 3.63) is 30.6 Å². The summed E-state index contributed by atoms with van der Waals surface area (Å²) in [6.45, 7) is 1.88. The van der Waals surface area contributed by atoms with Crippen molar-refractivity contribution in [3.63, 3.8) is 0 Å². The molecule has 0 radical (unpaired) electrons. The van der Waals surface area contributed by atoms with Crippen molar-refractivity contribution < 1.29 is 9.59 Å². The molecule has 1 aromatic heterocycles. The minimum absolute atomic E-state index is 0.0167. The Bertz CT molecular complexity index is 681. The van der Waals surface area contributed by atoms with Crippen LogP contribution in [0, 0.1) is 0 Å². The average Bonchev–Trinajstić information content (AvgIpc) is 2.90. The first-order valence-electron chi connectivity index (χ1n) is 6.86. The van der Waals surface area contributed by atoms with Crippen molar-refractivity contribution in [3.8, 4) is 0 Å². The Balaban J connectivity index is 1.91. The van der Waals surface area contributed by atoms with Gasteiger partial charge in [-0.2, -0.15) is 0 Å². The van der Waals surface area contributed by atoms with E-state index in [-0.39, 0.29) is 12.5 Å². The number of rotatable bonds is 4. The highest BCUT2D eigenvalue weighted by molar-refractivity contribution is 5.84. The number of imidazole rings is 1. The number of para-hydroxylation sites is 2. The SMILES string of the molecule is NC(=O)C(CN1CCNCC1=O)n1cnc2ccccc21. The Hall–Kier alpha value is -2.41. The summed E-state index contributed by atoms with van der Waals surface area (Å²) < 4.78 is 1.74. The maximum Gasteiger partial charge on any atom is 0.242 e. The summed E-state index contributed by atoms with van der Waals surface area (Å²) in [5.41, 5.74) is 7.18. The van der Waals surface area contributed by atoms with E-state index in [4.69, 9.17) is 5.73 Å². The monoisotopic (exact) mass is 287 g/mol. The van der Waals surface area contributed by atoms with Crippen molar-refractivity contribution in [2.75, 3.05) is 26.2 Å². The molecule has 7 nitrogen and oxygen atoms in total. The summed E-state index contributed by atoms with van der Waals surface area (Å²) >= 11 is 0. The standard InChI is InChI=1S/C14H17N5O2/c15-14(21)12(8-18-6-5-16-7-13(18)20)19-9-17-10-3-1-2-4-11(10)19/h1-4,9,12,16H,5-8H2,(H2,15,21). The predicted molar refractivity (Wildman–Crippen MR) is 77.4 cm³/mol. The van der Waals surface area contributed by atoms with E-state index >= 15 is 0 Å². The zero-order valence-corrected chi connectivity index (χ0v) is 11.5. The predicted octanol–water partition coefficient (Wildman–Crippen LogP) is -0.505. The van der Waals surface area contributed by atoms with Gasteiger partial charge in [0.15, 0.2) is 0 Å². The van der Waals surface area contributed by atoms with Crippen LogP contribution in [-0.4, -0.2) is 52.4 Å².